The molecule has 1 N–H and O–H groups in total. The van der Waals surface area contributed by atoms with E-state index in [1.165, 1.54) is 17.8 Å². The molecule has 0 aliphatic heterocycles. The molecule has 27 heavy (non-hydrogen) atoms. The summed E-state index contributed by atoms with van der Waals surface area (Å²) >= 11 is 7.54. The van der Waals surface area contributed by atoms with Crippen LogP contribution in [0.25, 0.3) is 0 Å². The zero-order chi connectivity index (χ0) is 19.8. The number of benzene rings is 2. The maximum Gasteiger partial charge on any atom is 0.261 e. The van der Waals surface area contributed by atoms with Gasteiger partial charge in [-0.3, -0.25) is 4.79 Å². The van der Waals surface area contributed by atoms with Gasteiger partial charge in [-0.2, -0.15) is 11.8 Å². The van der Waals surface area contributed by atoms with Crippen LogP contribution in [0.5, 0.6) is 5.75 Å². The standard InChI is InChI=1S/C21H25ClFNO2S/c1-4-19(26-20-9-8-14(2)12-15(20)3)21(25)24-10-11-27-13-16-17(22)6-5-7-18(16)23/h5-9,12,19H,4,10-11,13H2,1-3H3,(H,24,25)/t19-/m0/s1. The number of thioether (sulfide) groups is 1. The average molecular weight is 410 g/mol. The fraction of sp³-hybridized carbons (Fsp3) is 0.381. The van der Waals surface area contributed by atoms with Crippen molar-refractivity contribution in [3.63, 3.8) is 0 Å². The van der Waals surface area contributed by atoms with E-state index in [1.54, 1.807) is 12.1 Å². The van der Waals surface area contributed by atoms with Crippen LogP contribution in [0.2, 0.25) is 5.02 Å². The summed E-state index contributed by atoms with van der Waals surface area (Å²) in [5.74, 6) is 1.42. The topological polar surface area (TPSA) is 38.3 Å². The van der Waals surface area contributed by atoms with Gasteiger partial charge in [0.05, 0.1) is 0 Å². The summed E-state index contributed by atoms with van der Waals surface area (Å²) in [6.07, 6.45) is 0.0503. The zero-order valence-corrected chi connectivity index (χ0v) is 17.4. The Balaban J connectivity index is 1.78. The zero-order valence-electron chi connectivity index (χ0n) is 15.9. The van der Waals surface area contributed by atoms with Gasteiger partial charge in [0, 0.05) is 28.6 Å². The molecule has 3 nitrogen and oxygen atoms in total. The van der Waals surface area contributed by atoms with Gasteiger partial charge >= 0.3 is 0 Å². The van der Waals surface area contributed by atoms with Crippen LogP contribution < -0.4 is 10.1 Å². The molecule has 0 bridgehead atoms. The van der Waals surface area contributed by atoms with E-state index in [1.807, 2.05) is 39.0 Å². The Morgan fingerprint density at radius 3 is 2.74 bits per heavy atom. The van der Waals surface area contributed by atoms with Crippen molar-refractivity contribution in [1.82, 2.24) is 5.32 Å². The summed E-state index contributed by atoms with van der Waals surface area (Å²) in [5, 5.41) is 3.32. The van der Waals surface area contributed by atoms with Crippen molar-refractivity contribution < 1.29 is 13.9 Å². The lowest BCUT2D eigenvalue weighted by molar-refractivity contribution is -0.128. The molecule has 0 saturated carbocycles. The fourth-order valence-electron chi connectivity index (χ4n) is 2.61. The first-order valence-electron chi connectivity index (χ1n) is 8.94. The third kappa shape index (κ3) is 6.43. The van der Waals surface area contributed by atoms with Crippen molar-refractivity contribution in [3.8, 4) is 5.75 Å². The van der Waals surface area contributed by atoms with Crippen LogP contribution in [0, 0.1) is 19.7 Å². The summed E-state index contributed by atoms with van der Waals surface area (Å²) in [4.78, 5) is 12.4. The number of aryl methyl sites for hydroxylation is 2. The Kier molecular flexibility index (Phi) is 8.45. The van der Waals surface area contributed by atoms with Gasteiger partial charge in [-0.25, -0.2) is 4.39 Å². The summed E-state index contributed by atoms with van der Waals surface area (Å²) < 4.78 is 19.6. The summed E-state index contributed by atoms with van der Waals surface area (Å²) in [7, 11) is 0. The fourth-order valence-corrected chi connectivity index (χ4v) is 3.81. The number of ether oxygens (including phenoxy) is 1. The molecule has 1 amide bonds. The Morgan fingerprint density at radius 2 is 2.07 bits per heavy atom. The first-order chi connectivity index (χ1) is 12.9. The molecule has 146 valence electrons. The Morgan fingerprint density at radius 1 is 1.30 bits per heavy atom. The number of carbonyl (C=O) groups is 1. The molecule has 2 rings (SSSR count). The maximum atomic E-state index is 13.7. The lowest BCUT2D eigenvalue weighted by atomic mass is 10.1. The highest BCUT2D eigenvalue weighted by atomic mass is 35.5. The summed E-state index contributed by atoms with van der Waals surface area (Å²) in [6.45, 7) is 6.40. The lowest BCUT2D eigenvalue weighted by Crippen LogP contribution is -2.39. The number of hydrogen-bond donors (Lipinski definition) is 1. The van der Waals surface area contributed by atoms with E-state index < -0.39 is 6.10 Å². The summed E-state index contributed by atoms with van der Waals surface area (Å²) in [6, 6.07) is 10.6. The van der Waals surface area contributed by atoms with Gasteiger partial charge in [0.2, 0.25) is 0 Å². The van der Waals surface area contributed by atoms with Gasteiger partial charge < -0.3 is 10.1 Å². The van der Waals surface area contributed by atoms with Gasteiger partial charge in [0.1, 0.15) is 11.6 Å². The van der Waals surface area contributed by atoms with Gasteiger partial charge in [-0.05, 0) is 44.0 Å². The minimum atomic E-state index is -0.530. The number of nitrogens with one attached hydrogen (secondary N) is 1. The van der Waals surface area contributed by atoms with Crippen LogP contribution in [-0.2, 0) is 10.5 Å². The smallest absolute Gasteiger partial charge is 0.261 e. The number of rotatable bonds is 9. The molecular weight excluding hydrogens is 385 g/mol. The van der Waals surface area contributed by atoms with Gasteiger partial charge in [-0.1, -0.05) is 42.3 Å². The monoisotopic (exact) mass is 409 g/mol. The molecule has 0 radical (unpaired) electrons. The molecular formula is C21H25ClFNO2S. The van der Waals surface area contributed by atoms with Crippen molar-refractivity contribution in [2.75, 3.05) is 12.3 Å². The second kappa shape index (κ2) is 10.6. The predicted octanol–water partition coefficient (Wildman–Crippen LogP) is 5.30. The minimum Gasteiger partial charge on any atom is -0.480 e. The Hall–Kier alpha value is -1.72. The van der Waals surface area contributed by atoms with Crippen molar-refractivity contribution >= 4 is 29.3 Å². The normalized spacial score (nSPS) is 11.9. The predicted molar refractivity (Wildman–Crippen MR) is 111 cm³/mol. The molecule has 0 fully saturated rings. The third-order valence-corrected chi connectivity index (χ3v) is 5.46. The van der Waals surface area contributed by atoms with E-state index in [0.717, 1.165) is 16.9 Å². The maximum absolute atomic E-state index is 13.7. The van der Waals surface area contributed by atoms with Crippen molar-refractivity contribution in [1.29, 1.82) is 0 Å². The molecule has 6 heteroatoms. The molecule has 1 atom stereocenters. The highest BCUT2D eigenvalue weighted by Gasteiger charge is 2.18. The van der Waals surface area contributed by atoms with Gasteiger partial charge in [0.15, 0.2) is 6.10 Å². The van der Waals surface area contributed by atoms with E-state index >= 15 is 0 Å². The van der Waals surface area contributed by atoms with Crippen molar-refractivity contribution in [3.05, 3.63) is 63.9 Å². The quantitative estimate of drug-likeness (QED) is 0.571. The van der Waals surface area contributed by atoms with Crippen LogP contribution in [0.1, 0.15) is 30.0 Å². The Labute approximate surface area is 169 Å². The lowest BCUT2D eigenvalue weighted by Gasteiger charge is -2.19. The molecule has 0 heterocycles. The first kappa shape index (κ1) is 21.6. The molecule has 0 saturated heterocycles. The minimum absolute atomic E-state index is 0.137. The van der Waals surface area contributed by atoms with E-state index in [4.69, 9.17) is 16.3 Å². The molecule has 0 unspecified atom stereocenters. The van der Waals surface area contributed by atoms with Crippen LogP contribution in [0.15, 0.2) is 36.4 Å². The highest BCUT2D eigenvalue weighted by molar-refractivity contribution is 7.98. The van der Waals surface area contributed by atoms with E-state index in [0.29, 0.717) is 35.1 Å². The van der Waals surface area contributed by atoms with Crippen LogP contribution in [0.4, 0.5) is 4.39 Å². The second-order valence-electron chi connectivity index (χ2n) is 6.33. The molecule has 2 aromatic carbocycles. The van der Waals surface area contributed by atoms with Crippen molar-refractivity contribution in [2.24, 2.45) is 0 Å². The SMILES string of the molecule is CC[C@H](Oc1ccc(C)cc1C)C(=O)NCCSCc1c(F)cccc1Cl. The van der Waals surface area contributed by atoms with Crippen LogP contribution in [0.3, 0.4) is 0 Å². The van der Waals surface area contributed by atoms with Gasteiger partial charge in [0.25, 0.3) is 5.91 Å². The van der Waals surface area contributed by atoms with E-state index in [9.17, 15) is 9.18 Å². The third-order valence-electron chi connectivity index (χ3n) is 4.12. The average Bonchev–Trinajstić information content (AvgIpc) is 2.62. The van der Waals surface area contributed by atoms with E-state index in [-0.39, 0.29) is 11.7 Å². The second-order valence-corrected chi connectivity index (χ2v) is 7.84. The molecule has 2 aromatic rings. The van der Waals surface area contributed by atoms with Crippen LogP contribution >= 0.6 is 23.4 Å². The van der Waals surface area contributed by atoms with Crippen LogP contribution in [-0.4, -0.2) is 24.3 Å². The van der Waals surface area contributed by atoms with Crippen molar-refractivity contribution in [2.45, 2.75) is 39.0 Å². The number of hydrogen-bond acceptors (Lipinski definition) is 3. The first-order valence-corrected chi connectivity index (χ1v) is 10.5. The molecule has 0 aromatic heterocycles. The number of carbonyl (C=O) groups excluding carboxylic acids is 1. The van der Waals surface area contributed by atoms with E-state index in [2.05, 4.69) is 5.32 Å². The summed E-state index contributed by atoms with van der Waals surface area (Å²) in [5.41, 5.74) is 2.67. The molecule has 0 spiro atoms. The number of halogens is 2. The van der Waals surface area contributed by atoms with Gasteiger partial charge in [-0.15, -0.1) is 0 Å². The largest absolute Gasteiger partial charge is 0.480 e. The highest BCUT2D eigenvalue weighted by Crippen LogP contribution is 2.24. The molecule has 0 aliphatic carbocycles. The number of amides is 1. The Bertz CT molecular complexity index is 765. The molecule has 0 aliphatic rings.